The van der Waals surface area contributed by atoms with E-state index < -0.39 is 0 Å². The third-order valence-corrected chi connectivity index (χ3v) is 13.0. The quantitative estimate of drug-likeness (QED) is 0.153. The topological polar surface area (TPSA) is 55.1 Å². The van der Waals surface area contributed by atoms with E-state index in [9.17, 15) is 0 Å². The largest absolute Gasteiger partial charge is 0.456 e. The first-order chi connectivity index (χ1) is 32.0. The molecule has 0 spiro atoms. The number of aromatic nitrogens is 3. The molecule has 0 aliphatic heterocycles. The summed E-state index contributed by atoms with van der Waals surface area (Å²) in [5, 5.41) is 2.07. The van der Waals surface area contributed by atoms with E-state index >= 15 is 0 Å². The van der Waals surface area contributed by atoms with Gasteiger partial charge in [0.25, 0.3) is 0 Å². The molecule has 9 aromatic carbocycles. The van der Waals surface area contributed by atoms with Crippen LogP contribution in [0.5, 0.6) is 0 Å². The van der Waals surface area contributed by atoms with Crippen LogP contribution in [0.1, 0.15) is 25.0 Å². The van der Waals surface area contributed by atoms with Gasteiger partial charge in [-0.05, 0) is 87.0 Å². The third-order valence-electron chi connectivity index (χ3n) is 13.0. The van der Waals surface area contributed by atoms with Gasteiger partial charge in [-0.1, -0.05) is 184 Å². The summed E-state index contributed by atoms with van der Waals surface area (Å²) in [4.78, 5) is 17.6. The maximum Gasteiger partial charge on any atom is 0.164 e. The maximum atomic E-state index is 6.84. The molecule has 308 valence electrons. The highest BCUT2D eigenvalue weighted by Gasteiger charge is 2.36. The van der Waals surface area contributed by atoms with Gasteiger partial charge in [0.2, 0.25) is 0 Å². The fourth-order valence-corrected chi connectivity index (χ4v) is 9.73. The number of furan rings is 1. The minimum Gasteiger partial charge on any atom is -0.456 e. The van der Waals surface area contributed by atoms with Crippen LogP contribution >= 0.6 is 0 Å². The molecule has 65 heavy (non-hydrogen) atoms. The molecule has 2 aromatic heterocycles. The molecule has 0 radical (unpaired) electrons. The van der Waals surface area contributed by atoms with Crippen LogP contribution in [-0.4, -0.2) is 15.0 Å². The average Bonchev–Trinajstić information content (AvgIpc) is 3.86. The summed E-state index contributed by atoms with van der Waals surface area (Å²) in [5.74, 6) is 1.86. The van der Waals surface area contributed by atoms with E-state index in [1.807, 2.05) is 66.7 Å². The highest BCUT2D eigenvalue weighted by molar-refractivity contribution is 6.14. The zero-order chi connectivity index (χ0) is 43.5. The van der Waals surface area contributed by atoms with Crippen molar-refractivity contribution in [2.45, 2.75) is 19.3 Å². The first kappa shape index (κ1) is 38.3. The lowest BCUT2D eigenvalue weighted by atomic mass is 9.82. The zero-order valence-corrected chi connectivity index (χ0v) is 36.0. The van der Waals surface area contributed by atoms with Gasteiger partial charge in [-0.15, -0.1) is 0 Å². The number of benzene rings is 9. The molecule has 0 saturated heterocycles. The highest BCUT2D eigenvalue weighted by atomic mass is 16.3. The second-order valence-corrected chi connectivity index (χ2v) is 17.2. The molecule has 5 heteroatoms. The summed E-state index contributed by atoms with van der Waals surface area (Å²) in [5.41, 5.74) is 17.1. The maximum absolute atomic E-state index is 6.84. The van der Waals surface area contributed by atoms with Gasteiger partial charge in [0.1, 0.15) is 11.2 Å². The number of nitrogens with zero attached hydrogens (tertiary/aromatic N) is 4. The number of fused-ring (bicyclic) bond motifs is 6. The van der Waals surface area contributed by atoms with Crippen molar-refractivity contribution in [1.29, 1.82) is 0 Å². The lowest BCUT2D eigenvalue weighted by Crippen LogP contribution is -2.16. The van der Waals surface area contributed by atoms with E-state index in [0.717, 1.165) is 66.8 Å². The Bertz CT molecular complexity index is 3500. The normalized spacial score (nSPS) is 12.6. The summed E-state index contributed by atoms with van der Waals surface area (Å²) < 4.78 is 6.84. The smallest absolute Gasteiger partial charge is 0.164 e. The van der Waals surface area contributed by atoms with Gasteiger partial charge < -0.3 is 9.32 Å². The Balaban J connectivity index is 0.999. The van der Waals surface area contributed by atoms with E-state index in [4.69, 9.17) is 19.4 Å². The van der Waals surface area contributed by atoms with Gasteiger partial charge >= 0.3 is 0 Å². The summed E-state index contributed by atoms with van der Waals surface area (Å²) in [6.07, 6.45) is 0. The van der Waals surface area contributed by atoms with Gasteiger partial charge in [0, 0.05) is 56.0 Å². The molecule has 0 N–H and O–H groups in total. The number of anilines is 3. The van der Waals surface area contributed by atoms with Gasteiger partial charge in [0.05, 0.1) is 0 Å². The number of rotatable bonds is 8. The van der Waals surface area contributed by atoms with Gasteiger partial charge in [-0.25, -0.2) is 15.0 Å². The Kier molecular flexibility index (Phi) is 9.09. The Morgan fingerprint density at radius 1 is 0.354 bits per heavy atom. The minimum absolute atomic E-state index is 0.145. The fourth-order valence-electron chi connectivity index (χ4n) is 9.73. The Labute approximate surface area is 378 Å². The van der Waals surface area contributed by atoms with Crippen molar-refractivity contribution in [3.05, 3.63) is 230 Å². The summed E-state index contributed by atoms with van der Waals surface area (Å²) in [7, 11) is 0. The van der Waals surface area contributed by atoms with Crippen LogP contribution in [0.2, 0.25) is 0 Å². The molecule has 0 atom stereocenters. The third kappa shape index (κ3) is 6.59. The van der Waals surface area contributed by atoms with Crippen LogP contribution in [0.4, 0.5) is 17.1 Å². The molecule has 0 fully saturated rings. The van der Waals surface area contributed by atoms with Gasteiger partial charge in [-0.2, -0.15) is 0 Å². The molecule has 0 unspecified atom stereocenters. The van der Waals surface area contributed by atoms with E-state index in [1.165, 1.54) is 33.4 Å². The van der Waals surface area contributed by atoms with Crippen molar-refractivity contribution < 1.29 is 4.42 Å². The first-order valence-corrected chi connectivity index (χ1v) is 22.1. The van der Waals surface area contributed by atoms with Crippen molar-refractivity contribution in [3.8, 4) is 67.5 Å². The number of hydrogen-bond acceptors (Lipinski definition) is 5. The predicted molar refractivity (Wildman–Crippen MR) is 267 cm³/mol. The van der Waals surface area contributed by atoms with Crippen molar-refractivity contribution in [3.63, 3.8) is 0 Å². The summed E-state index contributed by atoms with van der Waals surface area (Å²) in [6.45, 7) is 4.67. The second-order valence-electron chi connectivity index (χ2n) is 17.2. The van der Waals surface area contributed by atoms with Crippen LogP contribution < -0.4 is 4.90 Å². The van der Waals surface area contributed by atoms with Crippen LogP contribution in [0.25, 0.3) is 89.5 Å². The van der Waals surface area contributed by atoms with E-state index in [1.54, 1.807) is 0 Å². The molecular weight excluding hydrogens is 793 g/mol. The van der Waals surface area contributed by atoms with Crippen LogP contribution in [-0.2, 0) is 5.41 Å². The average molecular weight is 835 g/mol. The van der Waals surface area contributed by atoms with Crippen molar-refractivity contribution in [1.82, 2.24) is 15.0 Å². The molecule has 11 aromatic rings. The lowest BCUT2D eigenvalue weighted by Gasteiger charge is -2.28. The van der Waals surface area contributed by atoms with Gasteiger partial charge in [-0.3, -0.25) is 0 Å². The van der Waals surface area contributed by atoms with Crippen LogP contribution in [0.15, 0.2) is 223 Å². The molecule has 0 bridgehead atoms. The number of hydrogen-bond donors (Lipinski definition) is 0. The van der Waals surface area contributed by atoms with E-state index in [-0.39, 0.29) is 5.41 Å². The molecule has 2 heterocycles. The molecule has 12 rings (SSSR count). The standard InChI is InChI=1S/C60H42N4O/c1-60(2)52-27-15-14-24-47(52)48-35-33-44(37-53(48)60)64(43-31-29-40(30-32-43)39-17-6-3-7-18-39)45-34-36-51-55(38-45)65-54-28-16-26-49(56(51)54)46-23-12-13-25-50(46)59-62-57(41-19-8-4-9-20-41)61-58(63-59)42-21-10-5-11-22-42/h3-38H,1-2H3. The molecule has 5 nitrogen and oxygen atoms in total. The molecule has 0 amide bonds. The SMILES string of the molecule is CC1(C)c2ccccc2-c2ccc(N(c3ccc(-c4ccccc4)cc3)c3ccc4c(c3)oc3cccc(-c5ccccc5-c5nc(-c6ccccc6)nc(-c6ccccc6)n5)c34)cc21. The molecule has 1 aliphatic carbocycles. The van der Waals surface area contributed by atoms with Crippen molar-refractivity contribution in [2.75, 3.05) is 4.90 Å². The predicted octanol–water partition coefficient (Wildman–Crippen LogP) is 15.9. The molecule has 0 saturated carbocycles. The van der Waals surface area contributed by atoms with Crippen molar-refractivity contribution in [2.24, 2.45) is 0 Å². The monoisotopic (exact) mass is 834 g/mol. The summed E-state index contributed by atoms with van der Waals surface area (Å²) in [6, 6.07) is 76.7. The lowest BCUT2D eigenvalue weighted by molar-refractivity contribution is 0.660. The zero-order valence-electron chi connectivity index (χ0n) is 36.0. The Hall–Kier alpha value is -8.41. The van der Waals surface area contributed by atoms with E-state index in [2.05, 4.69) is 170 Å². The second kappa shape index (κ2) is 15.4. The molecule has 1 aliphatic rings. The Morgan fingerprint density at radius 2 is 0.862 bits per heavy atom. The molecular formula is C60H42N4O. The fraction of sp³-hybridized carbons (Fsp3) is 0.0500. The Morgan fingerprint density at radius 3 is 1.55 bits per heavy atom. The summed E-state index contributed by atoms with van der Waals surface area (Å²) >= 11 is 0. The van der Waals surface area contributed by atoms with E-state index in [0.29, 0.717) is 17.5 Å². The first-order valence-electron chi connectivity index (χ1n) is 22.1. The minimum atomic E-state index is -0.145. The van der Waals surface area contributed by atoms with Crippen LogP contribution in [0.3, 0.4) is 0 Å². The highest BCUT2D eigenvalue weighted by Crippen LogP contribution is 2.51. The van der Waals surface area contributed by atoms with Crippen LogP contribution in [0, 0.1) is 0 Å². The van der Waals surface area contributed by atoms with Crippen molar-refractivity contribution >= 4 is 39.0 Å². The van der Waals surface area contributed by atoms with Gasteiger partial charge in [0.15, 0.2) is 17.5 Å².